The molecule has 0 radical (unpaired) electrons. The molecule has 1 amide bonds. The molecule has 0 unspecified atom stereocenters. The van der Waals surface area contributed by atoms with Crippen LogP contribution >= 0.6 is 0 Å². The van der Waals surface area contributed by atoms with E-state index in [1.165, 1.54) is 6.92 Å². The molecule has 3 atom stereocenters. The van der Waals surface area contributed by atoms with E-state index in [-0.39, 0.29) is 12.4 Å². The van der Waals surface area contributed by atoms with Crippen LogP contribution in [0.5, 0.6) is 0 Å². The lowest BCUT2D eigenvalue weighted by Crippen LogP contribution is -2.34. The van der Waals surface area contributed by atoms with E-state index in [9.17, 15) is 19.2 Å². The van der Waals surface area contributed by atoms with Crippen molar-refractivity contribution in [3.63, 3.8) is 0 Å². The molecule has 0 saturated heterocycles. The van der Waals surface area contributed by atoms with Crippen molar-refractivity contribution in [1.82, 2.24) is 0 Å². The van der Waals surface area contributed by atoms with Crippen LogP contribution in [0.3, 0.4) is 0 Å². The third kappa shape index (κ3) is 25.4. The average Bonchev–Trinajstić information content (AvgIpc) is 2.51. The van der Waals surface area contributed by atoms with Crippen LogP contribution < -0.4 is 34.4 Å². The maximum Gasteiger partial charge on any atom is 0.321 e. The summed E-state index contributed by atoms with van der Waals surface area (Å²) in [5, 5.41) is 24.3. The molecular weight excluding hydrogens is 366 g/mol. The number of aliphatic carboxylic acids is 3. The van der Waals surface area contributed by atoms with Crippen molar-refractivity contribution in [3.05, 3.63) is 0 Å². The maximum absolute atomic E-state index is 10.2. The zero-order valence-electron chi connectivity index (χ0n) is 14.9. The molecule has 0 heterocycles. The lowest BCUT2D eigenvalue weighted by atomic mass is 10.2. The minimum atomic E-state index is -1.21. The fourth-order valence-electron chi connectivity index (χ4n) is 0.947. The molecule has 0 rings (SSSR count). The first kappa shape index (κ1) is 28.8. The molecule has 14 nitrogen and oxygen atoms in total. The van der Waals surface area contributed by atoms with E-state index in [0.29, 0.717) is 19.4 Å². The summed E-state index contributed by atoms with van der Waals surface area (Å²) in [6.45, 7) is 1.84. The Kier molecular flexibility index (Phi) is 17.6. The van der Waals surface area contributed by atoms with Crippen molar-refractivity contribution in [2.75, 3.05) is 6.54 Å². The van der Waals surface area contributed by atoms with Crippen LogP contribution in [0.2, 0.25) is 0 Å². The van der Waals surface area contributed by atoms with Crippen molar-refractivity contribution in [2.24, 2.45) is 39.4 Å². The summed E-state index contributed by atoms with van der Waals surface area (Å²) in [5.74, 6) is -3.87. The molecule has 27 heavy (non-hydrogen) atoms. The third-order valence-corrected chi connectivity index (χ3v) is 2.41. The summed E-state index contributed by atoms with van der Waals surface area (Å²) < 4.78 is 0. The number of amides is 1. The number of rotatable bonds is 9. The molecule has 0 aliphatic carbocycles. The summed E-state index contributed by atoms with van der Waals surface area (Å²) >= 11 is 0. The Bertz CT molecular complexity index is 507. The largest absolute Gasteiger partial charge is 0.480 e. The van der Waals surface area contributed by atoms with Crippen molar-refractivity contribution < 1.29 is 34.5 Å². The Morgan fingerprint density at radius 2 is 1.26 bits per heavy atom. The van der Waals surface area contributed by atoms with Gasteiger partial charge in [0.25, 0.3) is 0 Å². The lowest BCUT2D eigenvalue weighted by Gasteiger charge is -2.03. The maximum atomic E-state index is 10.2. The average molecular weight is 395 g/mol. The Morgan fingerprint density at radius 1 is 0.852 bits per heavy atom. The normalized spacial score (nSPS) is 12.6. The van der Waals surface area contributed by atoms with Crippen LogP contribution in [0.4, 0.5) is 0 Å². The number of carbonyl (C=O) groups is 4. The highest BCUT2D eigenvalue weighted by Crippen LogP contribution is 1.94. The van der Waals surface area contributed by atoms with Gasteiger partial charge in [0.05, 0.1) is 6.42 Å². The van der Waals surface area contributed by atoms with Gasteiger partial charge in [0.2, 0.25) is 5.91 Å². The third-order valence-electron chi connectivity index (χ3n) is 2.41. The Hall–Kier alpha value is -2.97. The highest BCUT2D eigenvalue weighted by Gasteiger charge is 2.13. The SMILES string of the molecule is C[C@H](N)C(=O)O.NC(=O)C[C@H](N)C(=O)O.NC(N)=NCCC[C@H](N)C(=O)O. The summed E-state index contributed by atoms with van der Waals surface area (Å²) in [7, 11) is 0. The molecule has 0 bridgehead atoms. The molecule has 0 saturated carbocycles. The zero-order valence-corrected chi connectivity index (χ0v) is 14.9. The number of hydrogen-bond acceptors (Lipinski definition) is 8. The van der Waals surface area contributed by atoms with Gasteiger partial charge in [0.1, 0.15) is 18.1 Å². The molecule has 0 aromatic rings. The van der Waals surface area contributed by atoms with Gasteiger partial charge in [-0.25, -0.2) is 0 Å². The van der Waals surface area contributed by atoms with Crippen molar-refractivity contribution in [1.29, 1.82) is 0 Å². The highest BCUT2D eigenvalue weighted by atomic mass is 16.4. The van der Waals surface area contributed by atoms with E-state index in [1.54, 1.807) is 0 Å². The number of carboxylic acids is 3. The Balaban J connectivity index is -0.000000340. The fraction of sp³-hybridized carbons (Fsp3) is 0.615. The van der Waals surface area contributed by atoms with Gasteiger partial charge in [-0.2, -0.15) is 0 Å². The predicted octanol–water partition coefficient (Wildman–Crippen LogP) is -3.86. The molecule has 0 aliphatic heterocycles. The van der Waals surface area contributed by atoms with Crippen LogP contribution in [-0.4, -0.2) is 69.8 Å². The van der Waals surface area contributed by atoms with Gasteiger partial charge in [0, 0.05) is 6.54 Å². The van der Waals surface area contributed by atoms with Gasteiger partial charge in [-0.05, 0) is 19.8 Å². The number of aliphatic imine (C=N–C) groups is 1. The first-order chi connectivity index (χ1) is 12.2. The molecule has 0 aromatic carbocycles. The minimum Gasteiger partial charge on any atom is -0.480 e. The van der Waals surface area contributed by atoms with Gasteiger partial charge in [-0.3, -0.25) is 24.2 Å². The van der Waals surface area contributed by atoms with Crippen molar-refractivity contribution in [3.8, 4) is 0 Å². The zero-order chi connectivity index (χ0) is 22.2. The van der Waals surface area contributed by atoms with E-state index < -0.39 is 41.9 Å². The monoisotopic (exact) mass is 395 g/mol. The van der Waals surface area contributed by atoms with Gasteiger partial charge in [-0.15, -0.1) is 0 Å². The second-order valence-corrected chi connectivity index (χ2v) is 5.14. The first-order valence-corrected chi connectivity index (χ1v) is 7.51. The number of hydrogen-bond donors (Lipinski definition) is 9. The summed E-state index contributed by atoms with van der Waals surface area (Å²) in [6.07, 6.45) is 0.646. The van der Waals surface area contributed by atoms with E-state index >= 15 is 0 Å². The van der Waals surface area contributed by atoms with Gasteiger partial charge in [-0.1, -0.05) is 0 Å². The van der Waals surface area contributed by atoms with Crippen molar-refractivity contribution >= 4 is 29.8 Å². The standard InChI is InChI=1S/C6H14N4O2.C4H8N2O3.C3H7NO2/c7-4(5(11)12)2-1-3-10-6(8)9;5-2(4(8)9)1-3(6)7;1-2(4)3(5)6/h4H,1-3,7H2,(H,11,12)(H4,8,9,10);2H,1,5H2,(H2,6,7)(H,8,9);2H,4H2,1H3,(H,5,6)/t4-;2*2-/m000/s1. The number of carbonyl (C=O) groups excluding carboxylic acids is 1. The Labute approximate surface area is 155 Å². The molecule has 0 spiro atoms. The predicted molar refractivity (Wildman–Crippen MR) is 96.2 cm³/mol. The van der Waals surface area contributed by atoms with E-state index in [4.69, 9.17) is 44.0 Å². The molecule has 15 N–H and O–H groups in total. The summed E-state index contributed by atoms with van der Waals surface area (Å²) in [5.41, 5.74) is 29.7. The van der Waals surface area contributed by atoms with Gasteiger partial charge in [0.15, 0.2) is 5.96 Å². The van der Waals surface area contributed by atoms with Crippen LogP contribution in [0.25, 0.3) is 0 Å². The molecular formula is C13H29N7O7. The second kappa shape index (κ2) is 16.5. The van der Waals surface area contributed by atoms with Crippen molar-refractivity contribution in [2.45, 2.75) is 44.3 Å². The number of guanidine groups is 1. The molecule has 0 aromatic heterocycles. The molecule has 0 aliphatic rings. The van der Waals surface area contributed by atoms with E-state index in [1.807, 2.05) is 0 Å². The molecule has 158 valence electrons. The topological polar surface area (TPSA) is 297 Å². The van der Waals surface area contributed by atoms with Crippen LogP contribution in [0, 0.1) is 0 Å². The van der Waals surface area contributed by atoms with E-state index in [0.717, 1.165) is 0 Å². The molecule has 14 heteroatoms. The number of primary amides is 1. The summed E-state index contributed by atoms with van der Waals surface area (Å²) in [6, 6.07) is -2.72. The fourth-order valence-corrected chi connectivity index (χ4v) is 0.947. The minimum absolute atomic E-state index is 0.0129. The highest BCUT2D eigenvalue weighted by molar-refractivity contribution is 5.83. The number of carboxylic acid groups (broad SMARTS) is 3. The van der Waals surface area contributed by atoms with Crippen LogP contribution in [0.1, 0.15) is 26.2 Å². The van der Waals surface area contributed by atoms with Crippen LogP contribution in [0.15, 0.2) is 4.99 Å². The first-order valence-electron chi connectivity index (χ1n) is 7.51. The summed E-state index contributed by atoms with van der Waals surface area (Å²) in [4.78, 5) is 43.4. The smallest absolute Gasteiger partial charge is 0.321 e. The molecule has 0 fully saturated rings. The number of nitrogens with two attached hydrogens (primary N) is 6. The van der Waals surface area contributed by atoms with Gasteiger partial charge < -0.3 is 49.7 Å². The van der Waals surface area contributed by atoms with E-state index in [2.05, 4.69) is 10.7 Å². The Morgan fingerprint density at radius 3 is 1.48 bits per heavy atom. The van der Waals surface area contributed by atoms with Gasteiger partial charge >= 0.3 is 17.9 Å². The lowest BCUT2D eigenvalue weighted by molar-refractivity contribution is -0.140. The second-order valence-electron chi connectivity index (χ2n) is 5.14. The quantitative estimate of drug-likeness (QED) is 0.103. The number of nitrogens with zero attached hydrogens (tertiary/aromatic N) is 1. The van der Waals surface area contributed by atoms with Crippen LogP contribution in [-0.2, 0) is 19.2 Å².